The Labute approximate surface area is 226 Å². The van der Waals surface area contributed by atoms with Gasteiger partial charge >= 0.3 is 0 Å². The second kappa shape index (κ2) is 13.6. The molecule has 0 spiro atoms. The maximum Gasteiger partial charge on any atom is 0.0715 e. The quantitative estimate of drug-likeness (QED) is 0.137. The van der Waals surface area contributed by atoms with Crippen LogP contribution in [0.3, 0.4) is 0 Å². The Morgan fingerprint density at radius 2 is 0.622 bits per heavy atom. The molecule has 5 rings (SSSR count). The zero-order valence-corrected chi connectivity index (χ0v) is 24.2. The first kappa shape index (κ1) is 25.8. The van der Waals surface area contributed by atoms with Crippen LogP contribution in [0.25, 0.3) is 0 Å². The summed E-state index contributed by atoms with van der Waals surface area (Å²) >= 11 is 0. The minimum atomic E-state index is -1.17. The Morgan fingerprint density at radius 1 is 0.351 bits per heavy atom. The van der Waals surface area contributed by atoms with E-state index in [0.717, 1.165) is 0 Å². The van der Waals surface area contributed by atoms with Crippen LogP contribution >= 0.6 is 15.8 Å². The van der Waals surface area contributed by atoms with Gasteiger partial charge in [-0.1, -0.05) is 169 Å². The van der Waals surface area contributed by atoms with Crippen molar-refractivity contribution in [3.05, 3.63) is 152 Å². The third kappa shape index (κ3) is 7.15. The molecule has 0 saturated carbocycles. The number of benzene rings is 5. The average Bonchev–Trinajstić information content (AvgIpc) is 2.99. The Balaban J connectivity index is 1.39. The van der Waals surface area contributed by atoms with E-state index in [1.165, 1.54) is 45.6 Å². The van der Waals surface area contributed by atoms with Crippen LogP contribution in [0.4, 0.5) is 0 Å². The zero-order chi connectivity index (χ0) is 25.1. The van der Waals surface area contributed by atoms with Crippen LogP contribution in [-0.2, 0) is 0 Å². The first-order chi connectivity index (χ1) is 18.4. The van der Waals surface area contributed by atoms with Gasteiger partial charge in [0, 0.05) is 0 Å². The molecular weight excluding hydrogens is 498 g/mol. The van der Waals surface area contributed by atoms with E-state index in [0.29, 0.717) is 0 Å². The fourth-order valence-corrected chi connectivity index (χ4v) is 15.1. The Kier molecular flexibility index (Phi) is 9.52. The molecule has 0 nitrogen and oxygen atoms in total. The molecule has 0 atom stereocenters. The summed E-state index contributed by atoms with van der Waals surface area (Å²) in [7, 11) is -1.86. The molecule has 5 aromatic carbocycles. The minimum Gasteiger partial charge on any atom is -0.0633 e. The van der Waals surface area contributed by atoms with Crippen LogP contribution in [0.5, 0.6) is 0 Å². The smallest absolute Gasteiger partial charge is 0.0633 e. The molecule has 0 radical (unpaired) electrons. The molecule has 3 heteroatoms. The summed E-state index contributed by atoms with van der Waals surface area (Å²) in [5.74, 6) is 0. The lowest BCUT2D eigenvalue weighted by Gasteiger charge is -2.25. The highest BCUT2D eigenvalue weighted by Gasteiger charge is 2.22. The molecule has 0 aliphatic carbocycles. The van der Waals surface area contributed by atoms with Gasteiger partial charge in [0.25, 0.3) is 0 Å². The molecule has 0 saturated heterocycles. The molecule has 0 aromatic heterocycles. The van der Waals surface area contributed by atoms with Gasteiger partial charge in [-0.25, -0.2) is 0 Å². The van der Waals surface area contributed by atoms with Gasteiger partial charge in [-0.15, -0.1) is 0 Å². The monoisotopic (exact) mass is 532 g/mol. The molecule has 0 heterocycles. The van der Waals surface area contributed by atoms with Crippen molar-refractivity contribution in [3.63, 3.8) is 0 Å². The average molecular weight is 533 g/mol. The van der Waals surface area contributed by atoms with E-state index >= 15 is 0 Å². The summed E-state index contributed by atoms with van der Waals surface area (Å²) in [4.78, 5) is 0. The SMILES string of the molecule is c1ccc([SiH](CCP(c2ccccc2)c2ccccc2)CCP(c2ccccc2)c2ccccc2)cc1. The van der Waals surface area contributed by atoms with Gasteiger partial charge in [-0.05, 0) is 49.4 Å². The molecule has 0 unspecified atom stereocenters. The summed E-state index contributed by atoms with van der Waals surface area (Å²) in [6.45, 7) is 0. The van der Waals surface area contributed by atoms with Gasteiger partial charge in [0.15, 0.2) is 0 Å². The van der Waals surface area contributed by atoms with Crippen molar-refractivity contribution in [3.8, 4) is 0 Å². The van der Waals surface area contributed by atoms with E-state index < -0.39 is 8.80 Å². The van der Waals surface area contributed by atoms with Crippen molar-refractivity contribution in [1.82, 2.24) is 0 Å². The first-order valence-electron chi connectivity index (χ1n) is 13.2. The molecule has 0 aliphatic heterocycles. The molecule has 0 aliphatic rings. The summed E-state index contributed by atoms with van der Waals surface area (Å²) in [5, 5.41) is 7.62. The molecule has 0 fully saturated rings. The number of rotatable bonds is 11. The molecular formula is C34H34P2Si. The Hall–Kier alpha value is -2.82. The van der Waals surface area contributed by atoms with Crippen LogP contribution in [0.15, 0.2) is 152 Å². The van der Waals surface area contributed by atoms with Gasteiger partial charge in [0.2, 0.25) is 0 Å². The molecule has 0 bridgehead atoms. The predicted octanol–water partition coefficient (Wildman–Crippen LogP) is 6.39. The molecule has 0 N–H and O–H groups in total. The lowest BCUT2D eigenvalue weighted by molar-refractivity contribution is 1.34. The van der Waals surface area contributed by atoms with Crippen LogP contribution in [0, 0.1) is 0 Å². The van der Waals surface area contributed by atoms with E-state index in [2.05, 4.69) is 152 Å². The number of hydrogen-bond donors (Lipinski definition) is 0. The lowest BCUT2D eigenvalue weighted by Crippen LogP contribution is -2.33. The van der Waals surface area contributed by atoms with Crippen molar-refractivity contribution in [2.45, 2.75) is 12.1 Å². The molecule has 5 aromatic rings. The van der Waals surface area contributed by atoms with Crippen LogP contribution in [0.1, 0.15) is 0 Å². The number of hydrogen-bond acceptors (Lipinski definition) is 0. The minimum absolute atomic E-state index is 0.347. The fraction of sp³-hybridized carbons (Fsp3) is 0.118. The predicted molar refractivity (Wildman–Crippen MR) is 171 cm³/mol. The van der Waals surface area contributed by atoms with Gasteiger partial charge in [0.05, 0.1) is 8.80 Å². The second-order valence-electron chi connectivity index (χ2n) is 9.33. The van der Waals surface area contributed by atoms with Crippen molar-refractivity contribution in [2.75, 3.05) is 12.3 Å². The van der Waals surface area contributed by atoms with Crippen LogP contribution in [-0.4, -0.2) is 21.1 Å². The van der Waals surface area contributed by atoms with Gasteiger partial charge in [0.1, 0.15) is 0 Å². The Morgan fingerprint density at radius 3 is 0.919 bits per heavy atom. The third-order valence-corrected chi connectivity index (χ3v) is 16.3. The van der Waals surface area contributed by atoms with Gasteiger partial charge in [-0.2, -0.15) is 0 Å². The first-order valence-corrected chi connectivity index (χ1v) is 18.4. The highest BCUT2D eigenvalue weighted by molar-refractivity contribution is 7.73. The zero-order valence-electron chi connectivity index (χ0n) is 21.2. The van der Waals surface area contributed by atoms with Gasteiger partial charge < -0.3 is 0 Å². The molecule has 0 amide bonds. The summed E-state index contributed by atoms with van der Waals surface area (Å²) in [6.07, 6.45) is 2.54. The van der Waals surface area contributed by atoms with Crippen molar-refractivity contribution < 1.29 is 0 Å². The normalized spacial score (nSPS) is 11.3. The standard InChI is InChI=1S/C34H34P2Si/c1-6-16-30(17-7-1)35(31-18-8-2-9-19-31)26-28-37(34-24-14-5-15-25-34)29-27-36(32-20-10-3-11-21-32)33-22-12-4-13-23-33/h1-25,37H,26-29H2. The summed E-state index contributed by atoms with van der Waals surface area (Å²) in [6, 6.07) is 59.0. The van der Waals surface area contributed by atoms with Crippen molar-refractivity contribution in [2.24, 2.45) is 0 Å². The van der Waals surface area contributed by atoms with E-state index in [9.17, 15) is 0 Å². The summed E-state index contributed by atoms with van der Waals surface area (Å²) < 4.78 is 0. The summed E-state index contributed by atoms with van der Waals surface area (Å²) in [5.41, 5.74) is 0. The second-order valence-corrected chi connectivity index (χ2v) is 17.2. The van der Waals surface area contributed by atoms with Crippen molar-refractivity contribution >= 4 is 51.0 Å². The van der Waals surface area contributed by atoms with E-state index in [1.807, 2.05) is 0 Å². The maximum absolute atomic E-state index is 2.40. The van der Waals surface area contributed by atoms with Gasteiger partial charge in [-0.3, -0.25) is 0 Å². The fourth-order valence-electron chi connectivity index (χ4n) is 5.02. The highest BCUT2D eigenvalue weighted by atomic mass is 31.1. The lowest BCUT2D eigenvalue weighted by atomic mass is 10.4. The molecule has 37 heavy (non-hydrogen) atoms. The molecule has 184 valence electrons. The maximum atomic E-state index is 2.40. The third-order valence-electron chi connectivity index (χ3n) is 6.94. The van der Waals surface area contributed by atoms with E-state index in [4.69, 9.17) is 0 Å². The topological polar surface area (TPSA) is 0 Å². The van der Waals surface area contributed by atoms with E-state index in [1.54, 1.807) is 5.19 Å². The largest absolute Gasteiger partial charge is 0.0715 e. The van der Waals surface area contributed by atoms with Crippen LogP contribution in [0.2, 0.25) is 12.1 Å². The Bertz CT molecular complexity index is 1150. The highest BCUT2D eigenvalue weighted by Crippen LogP contribution is 2.37. The van der Waals surface area contributed by atoms with Crippen LogP contribution < -0.4 is 26.4 Å². The van der Waals surface area contributed by atoms with Crippen molar-refractivity contribution in [1.29, 1.82) is 0 Å². The van der Waals surface area contributed by atoms with E-state index in [-0.39, 0.29) is 15.8 Å².